The maximum atomic E-state index is 12.7. The number of carbonyl (C=O) groups excluding carboxylic acids is 1. The molecule has 0 atom stereocenters. The quantitative estimate of drug-likeness (QED) is 0.576. The summed E-state index contributed by atoms with van der Waals surface area (Å²) in [6.45, 7) is 1.03. The van der Waals surface area contributed by atoms with Crippen LogP contribution < -0.4 is 15.0 Å². The molecule has 3 rings (SSSR count). The van der Waals surface area contributed by atoms with E-state index in [1.807, 2.05) is 4.83 Å². The highest BCUT2D eigenvalue weighted by molar-refractivity contribution is 7.89. The molecule has 1 aliphatic rings. The van der Waals surface area contributed by atoms with Gasteiger partial charge in [-0.1, -0.05) is 18.2 Å². The second-order valence-corrected chi connectivity index (χ2v) is 9.84. The first-order valence-electron chi connectivity index (χ1n) is 8.89. The zero-order chi connectivity index (χ0) is 21.8. The van der Waals surface area contributed by atoms with E-state index in [1.165, 1.54) is 53.9 Å². The van der Waals surface area contributed by atoms with E-state index in [9.17, 15) is 21.6 Å². The molecule has 0 spiro atoms. The van der Waals surface area contributed by atoms with Gasteiger partial charge < -0.3 is 9.47 Å². The van der Waals surface area contributed by atoms with Gasteiger partial charge in [0.05, 0.1) is 25.2 Å². The van der Waals surface area contributed by atoms with Crippen molar-refractivity contribution in [3.63, 3.8) is 0 Å². The lowest BCUT2D eigenvalue weighted by Gasteiger charge is -2.26. The van der Waals surface area contributed by atoms with Crippen LogP contribution in [0.4, 0.5) is 0 Å². The number of hydrogen-bond acceptors (Lipinski definition) is 7. The summed E-state index contributed by atoms with van der Waals surface area (Å²) >= 11 is 0. The maximum absolute atomic E-state index is 12.7. The number of carbonyl (C=O) groups is 1. The minimum atomic E-state index is -4.11. The monoisotopic (exact) mass is 455 g/mol. The molecule has 2 aromatic rings. The van der Waals surface area contributed by atoms with Gasteiger partial charge in [0.1, 0.15) is 10.6 Å². The molecular formula is C18H21N3O7S2. The minimum Gasteiger partial charge on any atom is -0.495 e. The van der Waals surface area contributed by atoms with Gasteiger partial charge in [-0.2, -0.15) is 4.31 Å². The van der Waals surface area contributed by atoms with Crippen molar-refractivity contribution >= 4 is 26.0 Å². The van der Waals surface area contributed by atoms with Crippen LogP contribution in [0.3, 0.4) is 0 Å². The van der Waals surface area contributed by atoms with Crippen molar-refractivity contribution in [2.24, 2.45) is 0 Å². The Morgan fingerprint density at radius 3 is 2.43 bits per heavy atom. The Labute approximate surface area is 174 Å². The van der Waals surface area contributed by atoms with E-state index in [4.69, 9.17) is 9.47 Å². The van der Waals surface area contributed by atoms with Crippen LogP contribution >= 0.6 is 0 Å². The molecule has 1 amide bonds. The predicted octanol–water partition coefficient (Wildman–Crippen LogP) is 0.339. The summed E-state index contributed by atoms with van der Waals surface area (Å²) in [4.78, 5) is 14.2. The smallest absolute Gasteiger partial charge is 0.266 e. The molecule has 162 valence electrons. The maximum Gasteiger partial charge on any atom is 0.266 e. The van der Waals surface area contributed by atoms with E-state index in [0.29, 0.717) is 13.2 Å². The number of nitrogens with zero attached hydrogens (tertiary/aromatic N) is 1. The third kappa shape index (κ3) is 4.79. The molecule has 1 aliphatic heterocycles. The number of amides is 1. The van der Waals surface area contributed by atoms with Gasteiger partial charge in [0.15, 0.2) is 0 Å². The molecule has 2 aromatic carbocycles. The number of sulfonamides is 2. The Bertz CT molecular complexity index is 1130. The van der Waals surface area contributed by atoms with E-state index in [1.54, 1.807) is 6.07 Å². The van der Waals surface area contributed by atoms with E-state index in [0.717, 1.165) is 0 Å². The molecule has 2 N–H and O–H groups in total. The van der Waals surface area contributed by atoms with Crippen molar-refractivity contribution < 1.29 is 31.1 Å². The normalized spacial score (nSPS) is 15.5. The molecule has 12 heteroatoms. The van der Waals surface area contributed by atoms with Gasteiger partial charge in [-0.3, -0.25) is 10.2 Å². The Morgan fingerprint density at radius 2 is 1.73 bits per heavy atom. The number of nitrogens with one attached hydrogen (secondary N) is 2. The third-order valence-electron chi connectivity index (χ3n) is 4.36. The molecule has 0 aliphatic carbocycles. The largest absolute Gasteiger partial charge is 0.495 e. The molecule has 30 heavy (non-hydrogen) atoms. The van der Waals surface area contributed by atoms with Gasteiger partial charge in [0, 0.05) is 18.7 Å². The number of rotatable bonds is 7. The number of hydrogen-bond donors (Lipinski definition) is 2. The van der Waals surface area contributed by atoms with E-state index < -0.39 is 26.0 Å². The summed E-state index contributed by atoms with van der Waals surface area (Å²) in [5, 5.41) is 0. The standard InChI is InChI=1S/C18H21N3O7S2/c1-27-16-7-2-3-8-17(16)29(23,24)20-19-18(22)14-5-4-6-15(13-14)30(25,26)21-9-11-28-12-10-21/h2-8,13,20H,9-12H2,1H3,(H,19,22). The number of hydrazine groups is 1. The molecule has 0 saturated carbocycles. The van der Waals surface area contributed by atoms with Crippen LogP contribution in [0.2, 0.25) is 0 Å². The Balaban J connectivity index is 1.76. The van der Waals surface area contributed by atoms with Crippen LogP contribution in [0.1, 0.15) is 10.4 Å². The molecule has 0 bridgehead atoms. The van der Waals surface area contributed by atoms with Crippen LogP contribution in [0.25, 0.3) is 0 Å². The van der Waals surface area contributed by atoms with Crippen LogP contribution in [0.5, 0.6) is 5.75 Å². The highest BCUT2D eigenvalue weighted by atomic mass is 32.2. The molecule has 1 fully saturated rings. The van der Waals surface area contributed by atoms with Crippen molar-refractivity contribution in [2.45, 2.75) is 9.79 Å². The zero-order valence-electron chi connectivity index (χ0n) is 16.1. The van der Waals surface area contributed by atoms with Gasteiger partial charge >= 0.3 is 0 Å². The summed E-state index contributed by atoms with van der Waals surface area (Å²) in [7, 11) is -6.58. The average Bonchev–Trinajstić information content (AvgIpc) is 2.78. The molecule has 0 radical (unpaired) electrons. The lowest BCUT2D eigenvalue weighted by molar-refractivity contribution is 0.0730. The van der Waals surface area contributed by atoms with Crippen molar-refractivity contribution in [1.82, 2.24) is 14.6 Å². The number of benzene rings is 2. The average molecular weight is 456 g/mol. The SMILES string of the molecule is COc1ccccc1S(=O)(=O)NNC(=O)c1cccc(S(=O)(=O)N2CCOCC2)c1. The Hall–Kier alpha value is -2.51. The third-order valence-corrected chi connectivity index (χ3v) is 7.54. The van der Waals surface area contributed by atoms with Gasteiger partial charge in [0.25, 0.3) is 15.9 Å². The summed E-state index contributed by atoms with van der Waals surface area (Å²) in [6.07, 6.45) is 0. The number of ether oxygens (including phenoxy) is 2. The van der Waals surface area contributed by atoms with Crippen molar-refractivity contribution in [3.8, 4) is 5.75 Å². The van der Waals surface area contributed by atoms with Gasteiger partial charge in [0.2, 0.25) is 10.0 Å². The van der Waals surface area contributed by atoms with Crippen molar-refractivity contribution in [1.29, 1.82) is 0 Å². The second kappa shape index (κ2) is 9.10. The number of para-hydroxylation sites is 1. The summed E-state index contributed by atoms with van der Waals surface area (Å²) in [5.41, 5.74) is 2.07. The first-order chi connectivity index (χ1) is 14.3. The molecule has 1 saturated heterocycles. The molecule has 1 heterocycles. The topological polar surface area (TPSA) is 131 Å². The Kier molecular flexibility index (Phi) is 6.73. The van der Waals surface area contributed by atoms with E-state index >= 15 is 0 Å². The summed E-state index contributed by atoms with van der Waals surface area (Å²) in [5.74, 6) is -0.703. The number of morpholine rings is 1. The highest BCUT2D eigenvalue weighted by Gasteiger charge is 2.27. The van der Waals surface area contributed by atoms with Crippen LogP contribution in [-0.4, -0.2) is 60.5 Å². The van der Waals surface area contributed by atoms with Crippen molar-refractivity contribution in [3.05, 3.63) is 54.1 Å². The summed E-state index contributed by atoms with van der Waals surface area (Å²) < 4.78 is 61.9. The number of methoxy groups -OCH3 is 1. The molecule has 0 unspecified atom stereocenters. The second-order valence-electron chi connectivity index (χ2n) is 6.25. The van der Waals surface area contributed by atoms with Gasteiger partial charge in [-0.15, -0.1) is 4.83 Å². The van der Waals surface area contributed by atoms with Crippen molar-refractivity contribution in [2.75, 3.05) is 33.4 Å². The van der Waals surface area contributed by atoms with E-state index in [-0.39, 0.29) is 34.2 Å². The zero-order valence-corrected chi connectivity index (χ0v) is 17.7. The lowest BCUT2D eigenvalue weighted by atomic mass is 10.2. The van der Waals surface area contributed by atoms with Crippen LogP contribution in [0.15, 0.2) is 58.3 Å². The fraction of sp³-hybridized carbons (Fsp3) is 0.278. The first kappa shape index (κ1) is 22.2. The Morgan fingerprint density at radius 1 is 1.03 bits per heavy atom. The molecule has 0 aromatic heterocycles. The first-order valence-corrected chi connectivity index (χ1v) is 11.8. The predicted molar refractivity (Wildman–Crippen MR) is 107 cm³/mol. The fourth-order valence-corrected chi connectivity index (χ4v) is 5.28. The van der Waals surface area contributed by atoms with Gasteiger partial charge in [-0.05, 0) is 30.3 Å². The van der Waals surface area contributed by atoms with Crippen LogP contribution in [0, 0.1) is 0 Å². The fourth-order valence-electron chi connectivity index (χ4n) is 2.82. The lowest BCUT2D eigenvalue weighted by Crippen LogP contribution is -2.42. The summed E-state index contributed by atoms with van der Waals surface area (Å²) in [6, 6.07) is 11.3. The van der Waals surface area contributed by atoms with Crippen LogP contribution in [-0.2, 0) is 24.8 Å². The van der Waals surface area contributed by atoms with E-state index in [2.05, 4.69) is 5.43 Å². The minimum absolute atomic E-state index is 0.0212. The van der Waals surface area contributed by atoms with Gasteiger partial charge in [-0.25, -0.2) is 16.8 Å². The molecule has 10 nitrogen and oxygen atoms in total. The highest BCUT2D eigenvalue weighted by Crippen LogP contribution is 2.22. The molecular weight excluding hydrogens is 434 g/mol.